The standard InChI is InChI=1S/C11H12BrNO2/c12-9-3-1-2-4-10(9)13-6-7-5-8(7)11(14)15/h1-4,7-8,13H,5-6H2,(H,14,15). The smallest absolute Gasteiger partial charge is 0.306 e. The molecule has 4 heteroatoms. The van der Waals surface area contributed by atoms with Gasteiger partial charge in [-0.2, -0.15) is 0 Å². The number of carboxylic acid groups (broad SMARTS) is 1. The quantitative estimate of drug-likeness (QED) is 0.884. The lowest BCUT2D eigenvalue weighted by Gasteiger charge is -2.07. The van der Waals surface area contributed by atoms with Crippen LogP contribution in [0.15, 0.2) is 28.7 Å². The minimum atomic E-state index is -0.672. The van der Waals surface area contributed by atoms with E-state index in [-0.39, 0.29) is 11.8 Å². The first-order valence-electron chi connectivity index (χ1n) is 4.89. The number of aliphatic carboxylic acids is 1. The third kappa shape index (κ3) is 2.50. The fraction of sp³-hybridized carbons (Fsp3) is 0.364. The molecule has 0 bridgehead atoms. The maximum atomic E-state index is 10.6. The summed E-state index contributed by atoms with van der Waals surface area (Å²) in [5.41, 5.74) is 1.02. The molecule has 1 aliphatic carbocycles. The van der Waals surface area contributed by atoms with Gasteiger partial charge in [-0.25, -0.2) is 0 Å². The minimum Gasteiger partial charge on any atom is -0.481 e. The molecule has 15 heavy (non-hydrogen) atoms. The summed E-state index contributed by atoms with van der Waals surface area (Å²) in [6.45, 7) is 0.736. The fourth-order valence-electron chi connectivity index (χ4n) is 1.62. The molecule has 1 saturated carbocycles. The Hall–Kier alpha value is -1.03. The number of rotatable bonds is 4. The van der Waals surface area contributed by atoms with Crippen LogP contribution in [0.1, 0.15) is 6.42 Å². The fourth-order valence-corrected chi connectivity index (χ4v) is 2.05. The Labute approximate surface area is 96.6 Å². The van der Waals surface area contributed by atoms with Crippen molar-refractivity contribution in [3.05, 3.63) is 28.7 Å². The van der Waals surface area contributed by atoms with E-state index in [1.54, 1.807) is 0 Å². The van der Waals surface area contributed by atoms with Gasteiger partial charge in [-0.3, -0.25) is 4.79 Å². The van der Waals surface area contributed by atoms with Gasteiger partial charge in [0.1, 0.15) is 0 Å². The molecule has 80 valence electrons. The molecule has 1 aromatic carbocycles. The Bertz CT molecular complexity index is 381. The highest BCUT2D eigenvalue weighted by Gasteiger charge is 2.42. The van der Waals surface area contributed by atoms with Crippen LogP contribution >= 0.6 is 15.9 Å². The summed E-state index contributed by atoms with van der Waals surface area (Å²) in [6, 6.07) is 7.84. The van der Waals surface area contributed by atoms with Crippen LogP contribution in [0.25, 0.3) is 0 Å². The van der Waals surface area contributed by atoms with Crippen LogP contribution < -0.4 is 5.32 Å². The number of carbonyl (C=O) groups is 1. The SMILES string of the molecule is O=C(O)C1CC1CNc1ccccc1Br. The molecule has 0 heterocycles. The van der Waals surface area contributed by atoms with Gasteiger partial charge in [0, 0.05) is 16.7 Å². The summed E-state index contributed by atoms with van der Waals surface area (Å²) < 4.78 is 1.01. The van der Waals surface area contributed by atoms with Gasteiger partial charge in [-0.05, 0) is 40.4 Å². The van der Waals surface area contributed by atoms with E-state index < -0.39 is 5.97 Å². The van der Waals surface area contributed by atoms with Crippen LogP contribution in [0.2, 0.25) is 0 Å². The first kappa shape index (κ1) is 10.5. The normalized spacial score (nSPS) is 23.5. The van der Waals surface area contributed by atoms with Crippen molar-refractivity contribution in [2.24, 2.45) is 11.8 Å². The highest BCUT2D eigenvalue weighted by Crippen LogP contribution is 2.38. The van der Waals surface area contributed by atoms with E-state index in [1.165, 1.54) is 0 Å². The zero-order chi connectivity index (χ0) is 10.8. The molecule has 2 unspecified atom stereocenters. The first-order valence-corrected chi connectivity index (χ1v) is 5.69. The number of nitrogens with one attached hydrogen (secondary N) is 1. The van der Waals surface area contributed by atoms with Gasteiger partial charge in [-0.15, -0.1) is 0 Å². The summed E-state index contributed by atoms with van der Waals surface area (Å²) in [5.74, 6) is -0.525. The lowest BCUT2D eigenvalue weighted by atomic mass is 10.3. The van der Waals surface area contributed by atoms with Gasteiger partial charge < -0.3 is 10.4 Å². The maximum absolute atomic E-state index is 10.6. The zero-order valence-corrected chi connectivity index (χ0v) is 9.70. The molecule has 2 atom stereocenters. The Morgan fingerprint density at radius 1 is 1.53 bits per heavy atom. The highest BCUT2D eigenvalue weighted by molar-refractivity contribution is 9.10. The molecule has 1 fully saturated rings. The maximum Gasteiger partial charge on any atom is 0.306 e. The third-order valence-corrected chi connectivity index (χ3v) is 3.36. The van der Waals surface area contributed by atoms with Gasteiger partial charge in [0.15, 0.2) is 0 Å². The molecule has 1 aromatic rings. The molecule has 0 radical (unpaired) electrons. The highest BCUT2D eigenvalue weighted by atomic mass is 79.9. The Morgan fingerprint density at radius 3 is 2.87 bits per heavy atom. The molecule has 0 amide bonds. The van der Waals surface area contributed by atoms with Gasteiger partial charge in [0.2, 0.25) is 0 Å². The van der Waals surface area contributed by atoms with Gasteiger partial charge in [0.05, 0.1) is 5.92 Å². The second kappa shape index (κ2) is 4.23. The molecular weight excluding hydrogens is 258 g/mol. The second-order valence-corrected chi connectivity index (χ2v) is 4.66. The summed E-state index contributed by atoms with van der Waals surface area (Å²) in [7, 11) is 0. The van der Waals surface area contributed by atoms with Crippen molar-refractivity contribution in [2.45, 2.75) is 6.42 Å². The summed E-state index contributed by atoms with van der Waals surface area (Å²) in [5, 5.41) is 12.0. The van der Waals surface area contributed by atoms with Crippen LogP contribution in [0.4, 0.5) is 5.69 Å². The number of halogens is 1. The number of carboxylic acids is 1. The van der Waals surface area contributed by atoms with Crippen LogP contribution in [0, 0.1) is 11.8 Å². The van der Waals surface area contributed by atoms with Crippen LogP contribution in [0.5, 0.6) is 0 Å². The Kier molecular flexibility index (Phi) is 2.95. The summed E-state index contributed by atoms with van der Waals surface area (Å²) in [6.07, 6.45) is 0.798. The predicted molar refractivity (Wildman–Crippen MR) is 61.9 cm³/mol. The van der Waals surface area contributed by atoms with E-state index in [1.807, 2.05) is 24.3 Å². The van der Waals surface area contributed by atoms with E-state index in [9.17, 15) is 4.79 Å². The van der Waals surface area contributed by atoms with Crippen molar-refractivity contribution in [2.75, 3.05) is 11.9 Å². The van der Waals surface area contributed by atoms with Gasteiger partial charge in [-0.1, -0.05) is 12.1 Å². The number of benzene rings is 1. The van der Waals surface area contributed by atoms with E-state index in [4.69, 9.17) is 5.11 Å². The second-order valence-electron chi connectivity index (χ2n) is 3.80. The minimum absolute atomic E-state index is 0.139. The van der Waals surface area contributed by atoms with E-state index in [0.717, 1.165) is 23.1 Å². The Morgan fingerprint density at radius 2 is 2.27 bits per heavy atom. The average molecular weight is 270 g/mol. The molecule has 2 N–H and O–H groups in total. The third-order valence-electron chi connectivity index (χ3n) is 2.67. The molecular formula is C11H12BrNO2. The van der Waals surface area contributed by atoms with Crippen molar-refractivity contribution in [1.29, 1.82) is 0 Å². The molecule has 0 aromatic heterocycles. The van der Waals surface area contributed by atoms with Gasteiger partial charge in [0.25, 0.3) is 0 Å². The number of para-hydroxylation sites is 1. The molecule has 2 rings (SSSR count). The monoisotopic (exact) mass is 269 g/mol. The average Bonchev–Trinajstić information content (AvgIpc) is 2.96. The van der Waals surface area contributed by atoms with Crippen LogP contribution in [-0.2, 0) is 4.79 Å². The van der Waals surface area contributed by atoms with E-state index in [2.05, 4.69) is 21.2 Å². The lowest BCUT2D eigenvalue weighted by molar-refractivity contribution is -0.138. The topological polar surface area (TPSA) is 49.3 Å². The molecule has 0 saturated heterocycles. The summed E-state index contributed by atoms with van der Waals surface area (Å²) in [4.78, 5) is 10.6. The molecule has 1 aliphatic rings. The van der Waals surface area contributed by atoms with E-state index in [0.29, 0.717) is 0 Å². The molecule has 0 aliphatic heterocycles. The van der Waals surface area contributed by atoms with Crippen molar-refractivity contribution in [3.8, 4) is 0 Å². The largest absolute Gasteiger partial charge is 0.481 e. The number of anilines is 1. The van der Waals surface area contributed by atoms with Crippen molar-refractivity contribution in [1.82, 2.24) is 0 Å². The van der Waals surface area contributed by atoms with Crippen LogP contribution in [0.3, 0.4) is 0 Å². The van der Waals surface area contributed by atoms with Gasteiger partial charge >= 0.3 is 5.97 Å². The Balaban J connectivity index is 1.85. The number of hydrogen-bond acceptors (Lipinski definition) is 2. The first-order chi connectivity index (χ1) is 7.18. The van der Waals surface area contributed by atoms with E-state index >= 15 is 0 Å². The van der Waals surface area contributed by atoms with Crippen LogP contribution in [-0.4, -0.2) is 17.6 Å². The number of hydrogen-bond donors (Lipinski definition) is 2. The zero-order valence-electron chi connectivity index (χ0n) is 8.11. The molecule has 0 spiro atoms. The predicted octanol–water partition coefficient (Wildman–Crippen LogP) is 2.58. The van der Waals surface area contributed by atoms with Crippen molar-refractivity contribution >= 4 is 27.6 Å². The lowest BCUT2D eigenvalue weighted by Crippen LogP contribution is -2.08. The van der Waals surface area contributed by atoms with Crippen molar-refractivity contribution in [3.63, 3.8) is 0 Å². The van der Waals surface area contributed by atoms with Crippen molar-refractivity contribution < 1.29 is 9.90 Å². The molecule has 3 nitrogen and oxygen atoms in total. The summed E-state index contributed by atoms with van der Waals surface area (Å²) >= 11 is 3.43.